The van der Waals surface area contributed by atoms with Crippen LogP contribution in [0.15, 0.2) is 0 Å². The second kappa shape index (κ2) is 47.1. The molecule has 2 unspecified atom stereocenters. The maximum atomic E-state index is 13.8. The van der Waals surface area contributed by atoms with Gasteiger partial charge in [0.25, 0.3) is 0 Å². The average molecular weight is 966 g/mol. The number of carbonyl (C=O) groups excluding carboxylic acids is 4. The monoisotopic (exact) mass is 965 g/mol. The zero-order chi connectivity index (χ0) is 50.5. The molecule has 0 saturated carbocycles. The van der Waals surface area contributed by atoms with Crippen molar-refractivity contribution in [2.45, 2.75) is 241 Å². The van der Waals surface area contributed by atoms with Gasteiger partial charge in [0.15, 0.2) is 0 Å². The molecule has 0 radical (unpaired) electrons. The zero-order valence-electron chi connectivity index (χ0n) is 46.2. The Morgan fingerprint density at radius 2 is 0.765 bits per heavy atom. The van der Waals surface area contributed by atoms with E-state index < -0.39 is 12.1 Å². The van der Waals surface area contributed by atoms with Gasteiger partial charge in [0.05, 0.1) is 26.4 Å². The molecule has 402 valence electrons. The quantitative estimate of drug-likeness (QED) is 0.0514. The highest BCUT2D eigenvalue weighted by Crippen LogP contribution is 2.19. The smallest absolute Gasteiger partial charge is 0.243 e. The molecule has 12 nitrogen and oxygen atoms in total. The van der Waals surface area contributed by atoms with Crippen molar-refractivity contribution < 1.29 is 28.7 Å². The van der Waals surface area contributed by atoms with Crippen LogP contribution in [0.25, 0.3) is 0 Å². The van der Waals surface area contributed by atoms with E-state index in [0.29, 0.717) is 65.4 Å². The summed E-state index contributed by atoms with van der Waals surface area (Å²) >= 11 is 0. The van der Waals surface area contributed by atoms with E-state index in [2.05, 4.69) is 55.5 Å². The minimum atomic E-state index is -0.530. The molecule has 0 aliphatic carbocycles. The molecule has 68 heavy (non-hydrogen) atoms. The molecule has 0 aromatic carbocycles. The first-order valence-corrected chi connectivity index (χ1v) is 28.7. The molecule has 0 aliphatic heterocycles. The summed E-state index contributed by atoms with van der Waals surface area (Å²) in [5, 5.41) is 9.44. The van der Waals surface area contributed by atoms with Crippen molar-refractivity contribution in [1.82, 2.24) is 30.7 Å². The molecule has 0 aromatic heterocycles. The SMILES string of the molecule is CCCCCCCCCCCCCC(=O)N(CCCNCC)C(C(=O)NCCOCCOCCNC(=O)C(C(C)C)N(CCCN(CC)CC)C(=O)CCCCCCCCCCCCC)C(C)C. The molecule has 2 atom stereocenters. The molecule has 0 rings (SSSR count). The molecule has 3 N–H and O–H groups in total. The number of unbranched alkanes of at least 4 members (excludes halogenated alkanes) is 20. The van der Waals surface area contributed by atoms with Crippen molar-refractivity contribution in [3.63, 3.8) is 0 Å². The van der Waals surface area contributed by atoms with Gasteiger partial charge in [0.1, 0.15) is 12.1 Å². The van der Waals surface area contributed by atoms with E-state index in [4.69, 9.17) is 9.47 Å². The first-order chi connectivity index (χ1) is 33.0. The summed E-state index contributed by atoms with van der Waals surface area (Å²) in [4.78, 5) is 60.7. The van der Waals surface area contributed by atoms with E-state index in [1.54, 1.807) is 0 Å². The molecule has 0 bridgehead atoms. The van der Waals surface area contributed by atoms with E-state index in [1.165, 1.54) is 103 Å². The molecule has 12 heteroatoms. The van der Waals surface area contributed by atoms with Crippen molar-refractivity contribution in [2.75, 3.05) is 85.3 Å². The number of rotatable bonds is 50. The van der Waals surface area contributed by atoms with Gasteiger partial charge >= 0.3 is 0 Å². The average Bonchev–Trinajstić information content (AvgIpc) is 3.31. The van der Waals surface area contributed by atoms with E-state index in [1.807, 2.05) is 37.5 Å². The molecule has 0 aromatic rings. The van der Waals surface area contributed by atoms with Gasteiger partial charge in [-0.05, 0) is 70.2 Å². The first-order valence-electron chi connectivity index (χ1n) is 28.7. The van der Waals surface area contributed by atoms with Crippen molar-refractivity contribution in [3.8, 4) is 0 Å². The van der Waals surface area contributed by atoms with Crippen LogP contribution in [0.2, 0.25) is 0 Å². The van der Waals surface area contributed by atoms with Crippen LogP contribution in [-0.4, -0.2) is 136 Å². The van der Waals surface area contributed by atoms with Gasteiger partial charge in [0.2, 0.25) is 23.6 Å². The summed E-state index contributed by atoms with van der Waals surface area (Å²) in [6.07, 6.45) is 29.8. The maximum Gasteiger partial charge on any atom is 0.243 e. The Kier molecular flexibility index (Phi) is 45.5. The van der Waals surface area contributed by atoms with Crippen LogP contribution < -0.4 is 16.0 Å². The van der Waals surface area contributed by atoms with Crippen molar-refractivity contribution >= 4 is 23.6 Å². The van der Waals surface area contributed by atoms with Gasteiger partial charge in [-0.1, -0.05) is 191 Å². The van der Waals surface area contributed by atoms with Crippen LogP contribution >= 0.6 is 0 Å². The van der Waals surface area contributed by atoms with Gasteiger partial charge in [-0.3, -0.25) is 19.2 Å². The normalized spacial score (nSPS) is 12.5. The highest BCUT2D eigenvalue weighted by atomic mass is 16.5. The van der Waals surface area contributed by atoms with E-state index >= 15 is 0 Å². The number of ether oxygens (including phenoxy) is 2. The fourth-order valence-electron chi connectivity index (χ4n) is 9.19. The Morgan fingerprint density at radius 1 is 0.412 bits per heavy atom. The molecule has 0 spiro atoms. The Labute approximate surface area is 420 Å². The van der Waals surface area contributed by atoms with Crippen LogP contribution in [0.1, 0.15) is 229 Å². The van der Waals surface area contributed by atoms with E-state index in [0.717, 1.165) is 84.1 Å². The molecule has 0 heterocycles. The van der Waals surface area contributed by atoms with E-state index in [9.17, 15) is 19.2 Å². The van der Waals surface area contributed by atoms with Crippen LogP contribution in [-0.2, 0) is 28.7 Å². The Hall–Kier alpha value is -2.28. The summed E-state index contributed by atoms with van der Waals surface area (Å²) < 4.78 is 11.6. The lowest BCUT2D eigenvalue weighted by molar-refractivity contribution is -0.142. The maximum absolute atomic E-state index is 13.8. The van der Waals surface area contributed by atoms with Gasteiger partial charge < -0.3 is 40.1 Å². The predicted molar refractivity (Wildman–Crippen MR) is 286 cm³/mol. The standard InChI is InChI=1S/C56H112N6O6/c1-10-15-17-19-21-23-25-27-29-31-33-37-51(63)61(43-35-39-57-12-3)53(49(6)7)55(65)58-40-45-67-47-48-68-46-41-59-56(66)54(50(8)9)62(44-36-42-60(13-4)14-5)52(64)38-34-32-30-28-26-24-22-20-18-16-11-2/h49-50,53-54,57H,10-48H2,1-9H3,(H,58,65)(H,59,66). The summed E-state index contributed by atoms with van der Waals surface area (Å²) in [6, 6.07) is -1.06. The summed E-state index contributed by atoms with van der Waals surface area (Å²) in [5.74, 6) is -0.162. The van der Waals surface area contributed by atoms with Crippen LogP contribution in [0.5, 0.6) is 0 Å². The lowest BCUT2D eigenvalue weighted by Crippen LogP contribution is -2.53. The summed E-state index contributed by atoms with van der Waals surface area (Å²) in [6.45, 7) is 26.7. The molecular weight excluding hydrogens is 853 g/mol. The van der Waals surface area contributed by atoms with Crippen molar-refractivity contribution in [1.29, 1.82) is 0 Å². The second-order valence-corrected chi connectivity index (χ2v) is 20.0. The molecule has 4 amide bonds. The summed E-state index contributed by atoms with van der Waals surface area (Å²) in [5.41, 5.74) is 0. The Bertz CT molecular complexity index is 1190. The second-order valence-electron chi connectivity index (χ2n) is 20.0. The minimum Gasteiger partial charge on any atom is -0.377 e. The topological polar surface area (TPSA) is 133 Å². The number of hydrogen-bond donors (Lipinski definition) is 3. The fourth-order valence-corrected chi connectivity index (χ4v) is 9.19. The molecule has 0 fully saturated rings. The molecule has 0 aliphatic rings. The Morgan fingerprint density at radius 3 is 1.10 bits per heavy atom. The number of hydrogen-bond acceptors (Lipinski definition) is 8. The van der Waals surface area contributed by atoms with Gasteiger partial charge in [-0.25, -0.2) is 0 Å². The van der Waals surface area contributed by atoms with Crippen LogP contribution in [0.3, 0.4) is 0 Å². The lowest BCUT2D eigenvalue weighted by Gasteiger charge is -2.34. The highest BCUT2D eigenvalue weighted by Gasteiger charge is 2.33. The van der Waals surface area contributed by atoms with Crippen LogP contribution in [0, 0.1) is 11.8 Å². The third-order valence-electron chi connectivity index (χ3n) is 13.3. The van der Waals surface area contributed by atoms with Crippen LogP contribution in [0.4, 0.5) is 0 Å². The lowest BCUT2D eigenvalue weighted by atomic mass is 9.99. The number of nitrogens with one attached hydrogen (secondary N) is 3. The summed E-state index contributed by atoms with van der Waals surface area (Å²) in [7, 11) is 0. The number of nitrogens with zero attached hydrogens (tertiary/aromatic N) is 3. The largest absolute Gasteiger partial charge is 0.377 e. The van der Waals surface area contributed by atoms with Crippen molar-refractivity contribution in [2.24, 2.45) is 11.8 Å². The predicted octanol–water partition coefficient (Wildman–Crippen LogP) is 11.1. The molecular formula is C56H112N6O6. The third kappa shape index (κ3) is 34.9. The van der Waals surface area contributed by atoms with Gasteiger partial charge in [0, 0.05) is 39.0 Å². The third-order valence-corrected chi connectivity index (χ3v) is 13.3. The number of carbonyl (C=O) groups is 4. The zero-order valence-corrected chi connectivity index (χ0v) is 46.2. The Balaban J connectivity index is 4.88. The highest BCUT2D eigenvalue weighted by molar-refractivity contribution is 5.88. The minimum absolute atomic E-state index is 0.0265. The van der Waals surface area contributed by atoms with Gasteiger partial charge in [-0.15, -0.1) is 0 Å². The van der Waals surface area contributed by atoms with E-state index in [-0.39, 0.29) is 35.5 Å². The number of amides is 4. The fraction of sp³-hybridized carbons (Fsp3) is 0.929. The van der Waals surface area contributed by atoms with Gasteiger partial charge in [-0.2, -0.15) is 0 Å². The van der Waals surface area contributed by atoms with Crippen molar-refractivity contribution in [3.05, 3.63) is 0 Å². The first kappa shape index (κ1) is 65.7. The molecule has 0 saturated heterocycles.